The van der Waals surface area contributed by atoms with Crippen LogP contribution >= 0.6 is 0 Å². The van der Waals surface area contributed by atoms with Crippen molar-refractivity contribution in [3.05, 3.63) is 18.2 Å². The summed E-state index contributed by atoms with van der Waals surface area (Å²) in [4.78, 5) is 122. The molecule has 58 heavy (non-hydrogen) atoms. The van der Waals surface area contributed by atoms with Crippen molar-refractivity contribution in [1.82, 2.24) is 52.1 Å². The van der Waals surface area contributed by atoms with E-state index < -0.39 is 109 Å². The zero-order chi connectivity index (χ0) is 43.2. The number of carboxylic acid groups (broad SMARTS) is 1. The molecule has 2 rings (SSSR count). The van der Waals surface area contributed by atoms with Gasteiger partial charge in [0.1, 0.15) is 30.7 Å². The highest BCUT2D eigenvalue weighted by Gasteiger charge is 2.37. The lowest BCUT2D eigenvalue weighted by atomic mass is 10.0. The van der Waals surface area contributed by atoms with Crippen LogP contribution in [0.1, 0.15) is 57.1 Å². The van der Waals surface area contributed by atoms with Gasteiger partial charge in [0.05, 0.1) is 37.6 Å². The molecule has 0 saturated carbocycles. The van der Waals surface area contributed by atoms with Crippen molar-refractivity contribution in [2.75, 3.05) is 39.3 Å². The fourth-order valence-corrected chi connectivity index (χ4v) is 5.76. The molecule has 1 aliphatic rings. The van der Waals surface area contributed by atoms with Crippen LogP contribution in [0.3, 0.4) is 0 Å². The first kappa shape index (κ1) is 47.8. The van der Waals surface area contributed by atoms with E-state index in [1.54, 1.807) is 6.20 Å². The Morgan fingerprint density at radius 3 is 2.12 bits per heavy atom. The third-order valence-corrected chi connectivity index (χ3v) is 8.71. The first-order chi connectivity index (χ1) is 27.5. The van der Waals surface area contributed by atoms with Gasteiger partial charge in [0.2, 0.25) is 47.3 Å². The quantitative estimate of drug-likeness (QED) is 0.0235. The highest BCUT2D eigenvalue weighted by Crippen LogP contribution is 2.18. The number of carboxylic acids is 1. The van der Waals surface area contributed by atoms with Gasteiger partial charge in [0.25, 0.3) is 0 Å². The Morgan fingerprint density at radius 1 is 0.845 bits per heavy atom. The fourth-order valence-electron chi connectivity index (χ4n) is 5.76. The Balaban J connectivity index is 2.15. The number of aromatic nitrogens is 2. The summed E-state index contributed by atoms with van der Waals surface area (Å²) in [5.74, 6) is -8.06. The molecule has 0 spiro atoms. The van der Waals surface area contributed by atoms with Crippen molar-refractivity contribution < 1.29 is 48.3 Å². The Bertz CT molecular complexity index is 1610. The van der Waals surface area contributed by atoms with Crippen LogP contribution in [0.15, 0.2) is 12.5 Å². The van der Waals surface area contributed by atoms with Gasteiger partial charge >= 0.3 is 5.97 Å². The number of likely N-dealkylation sites (tertiary alicyclic amines) is 1. The SMILES string of the molecule is N=C(N)NCCC[C@H](NC(=O)[C@H](CCCCN)NC(=O)[C@H](CC(N)=O)NC(=O)[C@@H]1CCCN1C(=O)CNC(=O)[C@@H](N)Cc1c[nH]cn1)C(=O)NCC(=O)NCC(=O)O. The number of carbonyl (C=O) groups is 9. The molecule has 1 fully saturated rings. The standard InChI is InChI=1S/C33H55N15O10/c34-8-2-1-5-21(30(56)45-20(6-3-9-40-33(37)38)29(55)42-14-25(50)41-16-27(52)53)46-31(57)22(12-24(36)49)47-32(58)23-7-4-10-48(23)26(51)15-43-28(54)19(35)11-18-13-39-17-44-18/h13,17,19-23H,1-12,14-16,34-35H2,(H2,36,49)(H,39,44)(H,41,50)(H,42,55)(H,43,54)(H,45,56)(H,46,57)(H,47,58)(H,52,53)(H4,37,38,40)/t19-,20-,21-,22-,23-/m0/s1. The molecule has 25 nitrogen and oxygen atoms in total. The summed E-state index contributed by atoms with van der Waals surface area (Å²) in [5, 5.41) is 33.0. The minimum absolute atomic E-state index is 0.00577. The number of aliphatic carboxylic acids is 1. The van der Waals surface area contributed by atoms with Gasteiger partial charge in [0.15, 0.2) is 5.96 Å². The van der Waals surface area contributed by atoms with Crippen LogP contribution in [0.2, 0.25) is 0 Å². The number of amides is 8. The zero-order valence-electron chi connectivity index (χ0n) is 32.0. The lowest BCUT2D eigenvalue weighted by Crippen LogP contribution is -2.59. The molecular formula is C33H55N15O10. The maximum atomic E-state index is 13.7. The van der Waals surface area contributed by atoms with Gasteiger partial charge in [-0.15, -0.1) is 0 Å². The van der Waals surface area contributed by atoms with E-state index in [0.29, 0.717) is 25.0 Å². The molecule has 1 saturated heterocycles. The van der Waals surface area contributed by atoms with E-state index in [1.807, 2.05) is 0 Å². The minimum atomic E-state index is -1.59. The number of imidazole rings is 1. The molecule has 322 valence electrons. The van der Waals surface area contributed by atoms with Crippen molar-refractivity contribution in [3.63, 3.8) is 0 Å². The number of hydrogen-bond donors (Lipinski definition) is 14. The number of nitrogens with two attached hydrogens (primary N) is 4. The minimum Gasteiger partial charge on any atom is -0.480 e. The molecule has 5 atom stereocenters. The smallest absolute Gasteiger partial charge is 0.322 e. The number of rotatable bonds is 26. The van der Waals surface area contributed by atoms with Crippen molar-refractivity contribution in [1.29, 1.82) is 5.41 Å². The van der Waals surface area contributed by atoms with Crippen molar-refractivity contribution in [2.45, 2.75) is 88.0 Å². The Morgan fingerprint density at radius 2 is 1.50 bits per heavy atom. The fraction of sp³-hybridized carbons (Fsp3) is 0.606. The summed E-state index contributed by atoms with van der Waals surface area (Å²) in [5.41, 5.74) is 22.8. The molecule has 25 heteroatoms. The van der Waals surface area contributed by atoms with Gasteiger partial charge in [-0.1, -0.05) is 0 Å². The van der Waals surface area contributed by atoms with Gasteiger partial charge in [0, 0.05) is 25.7 Å². The maximum Gasteiger partial charge on any atom is 0.322 e. The number of H-pyrrole nitrogens is 1. The number of unbranched alkanes of at least 4 members (excludes halogenated alkanes) is 1. The van der Waals surface area contributed by atoms with E-state index in [9.17, 15) is 43.2 Å². The summed E-state index contributed by atoms with van der Waals surface area (Å²) < 4.78 is 0. The molecule has 8 amide bonds. The number of nitrogens with zero attached hydrogens (tertiary/aromatic N) is 2. The summed E-state index contributed by atoms with van der Waals surface area (Å²) >= 11 is 0. The topological polar surface area (TPSA) is 418 Å². The average Bonchev–Trinajstić information content (AvgIpc) is 3.88. The van der Waals surface area contributed by atoms with Crippen LogP contribution < -0.4 is 60.2 Å². The van der Waals surface area contributed by atoms with Crippen LogP contribution in [-0.4, -0.2) is 149 Å². The maximum absolute atomic E-state index is 13.7. The van der Waals surface area contributed by atoms with Crippen LogP contribution in [0.5, 0.6) is 0 Å². The van der Waals surface area contributed by atoms with Gasteiger partial charge in [-0.2, -0.15) is 0 Å². The van der Waals surface area contributed by atoms with E-state index in [2.05, 4.69) is 47.2 Å². The van der Waals surface area contributed by atoms with Crippen molar-refractivity contribution in [3.8, 4) is 0 Å². The first-order valence-corrected chi connectivity index (χ1v) is 18.6. The van der Waals surface area contributed by atoms with Gasteiger partial charge < -0.3 is 75.1 Å². The van der Waals surface area contributed by atoms with Crippen LogP contribution in [0.4, 0.5) is 0 Å². The van der Waals surface area contributed by atoms with Crippen LogP contribution in [-0.2, 0) is 49.6 Å². The van der Waals surface area contributed by atoms with Crippen LogP contribution in [0.25, 0.3) is 0 Å². The Kier molecular flexibility index (Phi) is 20.6. The first-order valence-electron chi connectivity index (χ1n) is 18.6. The number of aromatic amines is 1. The summed E-state index contributed by atoms with van der Waals surface area (Å²) in [6.45, 7) is -1.22. The van der Waals surface area contributed by atoms with Gasteiger partial charge in [-0.05, 0) is 51.5 Å². The van der Waals surface area contributed by atoms with Crippen molar-refractivity contribution in [2.24, 2.45) is 22.9 Å². The number of nitrogens with one attached hydrogen (secondary N) is 9. The monoisotopic (exact) mass is 821 g/mol. The molecule has 18 N–H and O–H groups in total. The second-order valence-corrected chi connectivity index (χ2v) is 13.3. The van der Waals surface area contributed by atoms with Gasteiger partial charge in [-0.3, -0.25) is 48.6 Å². The third-order valence-electron chi connectivity index (χ3n) is 8.71. The molecule has 0 unspecified atom stereocenters. The lowest BCUT2D eigenvalue weighted by molar-refractivity contribution is -0.140. The third kappa shape index (κ3) is 17.6. The molecule has 1 aromatic rings. The van der Waals surface area contributed by atoms with E-state index in [4.69, 9.17) is 33.5 Å². The Hall–Kier alpha value is -6.37. The molecule has 0 aromatic carbocycles. The predicted octanol–water partition coefficient (Wildman–Crippen LogP) is -6.57. The number of guanidine groups is 1. The molecule has 0 bridgehead atoms. The van der Waals surface area contributed by atoms with E-state index in [-0.39, 0.29) is 57.7 Å². The highest BCUT2D eigenvalue weighted by atomic mass is 16.4. The zero-order valence-corrected chi connectivity index (χ0v) is 32.0. The van der Waals surface area contributed by atoms with E-state index >= 15 is 0 Å². The average molecular weight is 822 g/mol. The van der Waals surface area contributed by atoms with Gasteiger partial charge in [-0.25, -0.2) is 4.98 Å². The van der Waals surface area contributed by atoms with E-state index in [0.717, 1.165) is 0 Å². The predicted molar refractivity (Wildman–Crippen MR) is 203 cm³/mol. The molecular weight excluding hydrogens is 766 g/mol. The molecule has 1 aliphatic heterocycles. The molecule has 2 heterocycles. The normalized spacial score (nSPS) is 15.4. The molecule has 0 radical (unpaired) electrons. The lowest BCUT2D eigenvalue weighted by Gasteiger charge is -2.28. The largest absolute Gasteiger partial charge is 0.480 e. The van der Waals surface area contributed by atoms with Crippen LogP contribution in [0, 0.1) is 5.41 Å². The summed E-state index contributed by atoms with van der Waals surface area (Å²) in [7, 11) is 0. The highest BCUT2D eigenvalue weighted by molar-refractivity contribution is 5.98. The summed E-state index contributed by atoms with van der Waals surface area (Å²) in [6, 6.07) is -6.27. The number of carbonyl (C=O) groups excluding carboxylic acids is 8. The summed E-state index contributed by atoms with van der Waals surface area (Å²) in [6.07, 6.45) is 4.00. The second kappa shape index (κ2) is 25.0. The number of primary amides is 1. The Labute approximate surface area is 333 Å². The second-order valence-electron chi connectivity index (χ2n) is 13.3. The molecule has 1 aromatic heterocycles. The molecule has 0 aliphatic carbocycles. The van der Waals surface area contributed by atoms with E-state index in [1.165, 1.54) is 11.2 Å². The number of hydrogen-bond acceptors (Lipinski definition) is 13. The van der Waals surface area contributed by atoms with Crippen molar-refractivity contribution >= 4 is 59.2 Å².